The standard InChI is InChI=1S/C6H12O6/c7-1-2-3(8)4(9)5(10)6(11)12-2/h2-11H,1H2/t2?,3-,4+,5?,6-/m1/s1/i1+1. The highest BCUT2D eigenvalue weighted by Crippen LogP contribution is 2.18. The lowest BCUT2D eigenvalue weighted by molar-refractivity contribution is -0.286. The number of ether oxygens (including phenoxy) is 1. The monoisotopic (exact) mass is 181 g/mol. The Hall–Kier alpha value is -0.240. The van der Waals surface area contributed by atoms with Crippen LogP contribution in [0.2, 0.25) is 0 Å². The van der Waals surface area contributed by atoms with Gasteiger partial charge < -0.3 is 30.3 Å². The van der Waals surface area contributed by atoms with Crippen molar-refractivity contribution in [3.8, 4) is 0 Å². The van der Waals surface area contributed by atoms with Crippen LogP contribution in [0, 0.1) is 0 Å². The van der Waals surface area contributed by atoms with Gasteiger partial charge in [0.2, 0.25) is 0 Å². The third kappa shape index (κ3) is 1.58. The molecule has 6 heteroatoms. The quantitative estimate of drug-likeness (QED) is 0.272. The molecule has 5 N–H and O–H groups in total. The molecule has 0 amide bonds. The lowest BCUT2D eigenvalue weighted by Crippen LogP contribution is -2.58. The highest BCUT2D eigenvalue weighted by Gasteiger charge is 2.42. The first-order chi connectivity index (χ1) is 5.57. The zero-order valence-electron chi connectivity index (χ0n) is 6.24. The fraction of sp³-hybridized carbons (Fsp3) is 1.00. The number of aliphatic hydroxyl groups is 5. The summed E-state index contributed by atoms with van der Waals surface area (Å²) in [5, 5.41) is 44.7. The molecule has 0 aromatic rings. The second kappa shape index (κ2) is 3.65. The molecule has 1 rings (SSSR count). The van der Waals surface area contributed by atoms with Crippen LogP contribution in [0.3, 0.4) is 0 Å². The molecule has 12 heavy (non-hydrogen) atoms. The van der Waals surface area contributed by atoms with Gasteiger partial charge in [-0.25, -0.2) is 0 Å². The molecule has 1 aliphatic rings. The minimum atomic E-state index is -1.57. The fourth-order valence-corrected chi connectivity index (χ4v) is 1.08. The Morgan fingerprint density at radius 3 is 2.00 bits per heavy atom. The van der Waals surface area contributed by atoms with Crippen LogP contribution in [0.4, 0.5) is 0 Å². The summed E-state index contributed by atoms with van der Waals surface area (Å²) in [6, 6.07) is 0. The lowest BCUT2D eigenvalue weighted by Gasteiger charge is -2.37. The summed E-state index contributed by atoms with van der Waals surface area (Å²) in [4.78, 5) is 0. The highest BCUT2D eigenvalue weighted by molar-refractivity contribution is 4.87. The van der Waals surface area contributed by atoms with Crippen molar-refractivity contribution in [2.24, 2.45) is 0 Å². The molecular weight excluding hydrogens is 169 g/mol. The van der Waals surface area contributed by atoms with Crippen LogP contribution in [0.25, 0.3) is 0 Å². The molecule has 0 aliphatic carbocycles. The van der Waals surface area contributed by atoms with Gasteiger partial charge in [-0.05, 0) is 0 Å². The largest absolute Gasteiger partial charge is 0.394 e. The van der Waals surface area contributed by atoms with Crippen molar-refractivity contribution in [3.63, 3.8) is 0 Å². The van der Waals surface area contributed by atoms with Crippen LogP contribution < -0.4 is 0 Å². The van der Waals surface area contributed by atoms with Gasteiger partial charge in [0, 0.05) is 0 Å². The fourth-order valence-electron chi connectivity index (χ4n) is 1.08. The summed E-state index contributed by atoms with van der Waals surface area (Å²) in [6.45, 7) is -0.526. The topological polar surface area (TPSA) is 110 Å². The van der Waals surface area contributed by atoms with E-state index in [0.717, 1.165) is 0 Å². The van der Waals surface area contributed by atoms with Crippen molar-refractivity contribution in [1.29, 1.82) is 0 Å². The number of rotatable bonds is 1. The van der Waals surface area contributed by atoms with Gasteiger partial charge in [0.15, 0.2) is 6.29 Å². The third-order valence-electron chi connectivity index (χ3n) is 1.87. The Bertz CT molecular complexity index is 146. The van der Waals surface area contributed by atoms with Crippen LogP contribution in [-0.2, 0) is 4.74 Å². The maximum atomic E-state index is 9.12. The van der Waals surface area contributed by atoms with E-state index in [1.54, 1.807) is 0 Å². The molecule has 1 saturated heterocycles. The zero-order chi connectivity index (χ0) is 9.30. The normalized spacial score (nSPS) is 49.2. The van der Waals surface area contributed by atoms with Gasteiger partial charge in [0.25, 0.3) is 0 Å². The Morgan fingerprint density at radius 1 is 0.917 bits per heavy atom. The van der Waals surface area contributed by atoms with E-state index in [1.165, 1.54) is 0 Å². The van der Waals surface area contributed by atoms with Crippen LogP contribution in [0.15, 0.2) is 0 Å². The zero-order valence-corrected chi connectivity index (χ0v) is 6.24. The van der Waals surface area contributed by atoms with Crippen LogP contribution >= 0.6 is 0 Å². The Balaban J connectivity index is 2.63. The van der Waals surface area contributed by atoms with Crippen molar-refractivity contribution >= 4 is 0 Å². The Labute approximate surface area is 68.6 Å². The van der Waals surface area contributed by atoms with E-state index in [-0.39, 0.29) is 0 Å². The summed E-state index contributed by atoms with van der Waals surface area (Å²) < 4.78 is 4.58. The van der Waals surface area contributed by atoms with Crippen LogP contribution in [0.1, 0.15) is 0 Å². The molecule has 0 radical (unpaired) electrons. The molecule has 0 saturated carbocycles. The molecule has 1 heterocycles. The van der Waals surface area contributed by atoms with Gasteiger partial charge in [-0.3, -0.25) is 0 Å². The van der Waals surface area contributed by atoms with E-state index in [1.807, 2.05) is 0 Å². The molecule has 2 unspecified atom stereocenters. The molecule has 0 aromatic heterocycles. The minimum absolute atomic E-state index is 0.526. The average molecular weight is 181 g/mol. The molecule has 0 spiro atoms. The first-order valence-corrected chi connectivity index (χ1v) is 3.56. The van der Waals surface area contributed by atoms with Crippen LogP contribution in [-0.4, -0.2) is 62.8 Å². The Kier molecular flexibility index (Phi) is 2.99. The summed E-state index contributed by atoms with van der Waals surface area (Å²) in [5.74, 6) is 0. The summed E-state index contributed by atoms with van der Waals surface area (Å²) in [5.41, 5.74) is 0. The number of hydrogen-bond acceptors (Lipinski definition) is 6. The van der Waals surface area contributed by atoms with Crippen molar-refractivity contribution in [2.45, 2.75) is 30.7 Å². The molecule has 6 nitrogen and oxygen atoms in total. The Morgan fingerprint density at radius 2 is 1.50 bits per heavy atom. The van der Waals surface area contributed by atoms with Crippen LogP contribution in [0.5, 0.6) is 0 Å². The second-order valence-corrected chi connectivity index (χ2v) is 2.72. The van der Waals surface area contributed by atoms with E-state index in [0.29, 0.717) is 0 Å². The molecular formula is C6H12O6. The first kappa shape index (κ1) is 9.85. The van der Waals surface area contributed by atoms with Gasteiger partial charge in [-0.15, -0.1) is 0 Å². The maximum absolute atomic E-state index is 9.12. The molecule has 0 aromatic carbocycles. The second-order valence-electron chi connectivity index (χ2n) is 2.72. The van der Waals surface area contributed by atoms with Gasteiger partial charge in [0.05, 0.1) is 6.61 Å². The van der Waals surface area contributed by atoms with E-state index in [4.69, 9.17) is 25.5 Å². The highest BCUT2D eigenvalue weighted by atomic mass is 16.6. The summed E-state index contributed by atoms with van der Waals surface area (Å²) in [7, 11) is 0. The molecule has 72 valence electrons. The molecule has 5 atom stereocenters. The van der Waals surface area contributed by atoms with Crippen molar-refractivity contribution < 1.29 is 30.3 Å². The first-order valence-electron chi connectivity index (χ1n) is 3.56. The summed E-state index contributed by atoms with van der Waals surface area (Å²) in [6.07, 6.45) is -7.04. The number of hydrogen-bond donors (Lipinski definition) is 5. The summed E-state index contributed by atoms with van der Waals surface area (Å²) >= 11 is 0. The smallest absolute Gasteiger partial charge is 0.184 e. The van der Waals surface area contributed by atoms with E-state index in [2.05, 4.69) is 4.74 Å². The van der Waals surface area contributed by atoms with E-state index < -0.39 is 37.3 Å². The van der Waals surface area contributed by atoms with Gasteiger partial charge in [-0.2, -0.15) is 0 Å². The van der Waals surface area contributed by atoms with E-state index in [9.17, 15) is 0 Å². The molecule has 0 bridgehead atoms. The minimum Gasteiger partial charge on any atom is -0.394 e. The van der Waals surface area contributed by atoms with Crippen molar-refractivity contribution in [3.05, 3.63) is 0 Å². The SMILES string of the molecule is O[13CH2]C1O[C@@H](O)C(O)[C@@H](O)[C@@H]1O. The predicted octanol–water partition coefficient (Wildman–Crippen LogP) is -3.22. The molecule has 1 fully saturated rings. The van der Waals surface area contributed by atoms with Crippen molar-refractivity contribution in [1.82, 2.24) is 0 Å². The number of aliphatic hydroxyl groups excluding tert-OH is 5. The van der Waals surface area contributed by atoms with Gasteiger partial charge in [-0.1, -0.05) is 0 Å². The van der Waals surface area contributed by atoms with Gasteiger partial charge >= 0.3 is 0 Å². The van der Waals surface area contributed by atoms with Gasteiger partial charge in [0.1, 0.15) is 24.4 Å². The lowest BCUT2D eigenvalue weighted by atomic mass is 10.0. The van der Waals surface area contributed by atoms with Crippen molar-refractivity contribution in [2.75, 3.05) is 6.61 Å². The molecule has 1 aliphatic heterocycles. The third-order valence-corrected chi connectivity index (χ3v) is 1.87. The maximum Gasteiger partial charge on any atom is 0.184 e. The van der Waals surface area contributed by atoms with E-state index >= 15 is 0 Å². The predicted molar refractivity (Wildman–Crippen MR) is 36.0 cm³/mol. The average Bonchev–Trinajstić information content (AvgIpc) is 2.08.